The molecule has 0 spiro atoms. The summed E-state index contributed by atoms with van der Waals surface area (Å²) < 4.78 is 27.2. The summed E-state index contributed by atoms with van der Waals surface area (Å²) in [5, 5.41) is 21.1. The Morgan fingerprint density at radius 1 is 1.05 bits per heavy atom. The van der Waals surface area contributed by atoms with Gasteiger partial charge in [-0.15, -0.1) is 0 Å². The molecule has 0 saturated carbocycles. The van der Waals surface area contributed by atoms with Crippen molar-refractivity contribution in [2.24, 2.45) is 0 Å². The molecule has 19 heavy (non-hydrogen) atoms. The summed E-state index contributed by atoms with van der Waals surface area (Å²) in [6.45, 7) is 1.68. The Kier molecular flexibility index (Phi) is 3.55. The molecule has 0 radical (unpaired) electrons. The normalized spacial score (nSPS) is 10.5. The minimum absolute atomic E-state index is 0.130. The zero-order valence-electron chi connectivity index (χ0n) is 10.2. The third-order valence-corrected chi connectivity index (χ3v) is 2.79. The fraction of sp³-hybridized carbons (Fsp3) is 0.143. The van der Waals surface area contributed by atoms with E-state index in [4.69, 9.17) is 5.11 Å². The van der Waals surface area contributed by atoms with E-state index in [0.717, 1.165) is 0 Å². The molecule has 2 rings (SSSR count). The summed E-state index contributed by atoms with van der Waals surface area (Å²) in [7, 11) is 0. The van der Waals surface area contributed by atoms with Crippen LogP contribution >= 0.6 is 0 Å². The molecule has 2 aromatic rings. The lowest BCUT2D eigenvalue weighted by atomic mass is 10.1. The number of phenolic OH excluding ortho intramolecular Hbond substituents is 2. The number of nitrogens with one attached hydrogen (secondary N) is 1. The molecule has 3 nitrogen and oxygen atoms in total. The van der Waals surface area contributed by atoms with Crippen LogP contribution in [-0.4, -0.2) is 10.2 Å². The molecule has 0 atom stereocenters. The van der Waals surface area contributed by atoms with Crippen LogP contribution in [0.25, 0.3) is 0 Å². The van der Waals surface area contributed by atoms with Gasteiger partial charge in [0.25, 0.3) is 0 Å². The number of hydrogen-bond donors (Lipinski definition) is 3. The van der Waals surface area contributed by atoms with Crippen LogP contribution < -0.4 is 5.32 Å². The lowest BCUT2D eigenvalue weighted by Gasteiger charge is -2.10. The first-order valence-electron chi connectivity index (χ1n) is 5.68. The van der Waals surface area contributed by atoms with Crippen LogP contribution in [0, 0.1) is 18.6 Å². The molecule has 0 unspecified atom stereocenters. The van der Waals surface area contributed by atoms with E-state index in [-0.39, 0.29) is 23.7 Å². The first-order chi connectivity index (χ1) is 8.99. The van der Waals surface area contributed by atoms with Crippen molar-refractivity contribution < 1.29 is 19.0 Å². The van der Waals surface area contributed by atoms with E-state index in [9.17, 15) is 13.9 Å². The fourth-order valence-corrected chi connectivity index (χ4v) is 1.69. The Bertz CT molecular complexity index is 615. The highest BCUT2D eigenvalue weighted by Gasteiger charge is 2.11. The van der Waals surface area contributed by atoms with Crippen LogP contribution in [0.2, 0.25) is 0 Å². The second kappa shape index (κ2) is 5.14. The van der Waals surface area contributed by atoms with Gasteiger partial charge in [0.05, 0.1) is 0 Å². The third kappa shape index (κ3) is 2.76. The van der Waals surface area contributed by atoms with Crippen molar-refractivity contribution in [3.05, 3.63) is 53.1 Å². The first kappa shape index (κ1) is 13.1. The predicted octanol–water partition coefficient (Wildman–Crippen LogP) is 3.30. The van der Waals surface area contributed by atoms with Gasteiger partial charge in [-0.2, -0.15) is 0 Å². The lowest BCUT2D eigenvalue weighted by Crippen LogP contribution is -2.04. The summed E-state index contributed by atoms with van der Waals surface area (Å²) in [6, 6.07) is 6.74. The Hall–Kier alpha value is -2.30. The van der Waals surface area contributed by atoms with E-state index in [2.05, 4.69) is 5.32 Å². The van der Waals surface area contributed by atoms with E-state index >= 15 is 0 Å². The van der Waals surface area contributed by atoms with E-state index in [1.807, 2.05) is 0 Å². The van der Waals surface area contributed by atoms with Crippen molar-refractivity contribution in [2.75, 3.05) is 5.32 Å². The van der Waals surface area contributed by atoms with Gasteiger partial charge >= 0.3 is 0 Å². The van der Waals surface area contributed by atoms with Gasteiger partial charge in [-0.1, -0.05) is 12.1 Å². The SMILES string of the molecule is Cc1ccc(F)c(NCc2ccc(O)c(O)c2)c1F. The summed E-state index contributed by atoms with van der Waals surface area (Å²) >= 11 is 0. The van der Waals surface area contributed by atoms with Gasteiger partial charge in [0.2, 0.25) is 0 Å². The number of hydrogen-bond acceptors (Lipinski definition) is 3. The highest BCUT2D eigenvalue weighted by molar-refractivity contribution is 5.50. The summed E-state index contributed by atoms with van der Waals surface area (Å²) in [4.78, 5) is 0. The highest BCUT2D eigenvalue weighted by atomic mass is 19.1. The molecule has 3 N–H and O–H groups in total. The molecule has 2 aromatic carbocycles. The maximum absolute atomic E-state index is 13.7. The van der Waals surface area contributed by atoms with Crippen molar-refractivity contribution in [1.29, 1.82) is 0 Å². The zero-order valence-corrected chi connectivity index (χ0v) is 10.2. The van der Waals surface area contributed by atoms with Crippen molar-refractivity contribution in [1.82, 2.24) is 0 Å². The largest absolute Gasteiger partial charge is 0.504 e. The van der Waals surface area contributed by atoms with Crippen LogP contribution in [0.15, 0.2) is 30.3 Å². The number of halogens is 2. The number of aromatic hydroxyl groups is 2. The molecule has 0 aliphatic carbocycles. The number of phenols is 2. The average Bonchev–Trinajstić information content (AvgIpc) is 2.38. The quantitative estimate of drug-likeness (QED) is 0.746. The smallest absolute Gasteiger partial charge is 0.157 e. The fourth-order valence-electron chi connectivity index (χ4n) is 1.69. The zero-order chi connectivity index (χ0) is 14.0. The van der Waals surface area contributed by atoms with Crippen LogP contribution in [0.1, 0.15) is 11.1 Å². The molecule has 0 aromatic heterocycles. The number of rotatable bonds is 3. The highest BCUT2D eigenvalue weighted by Crippen LogP contribution is 2.26. The van der Waals surface area contributed by atoms with Gasteiger partial charge in [-0.25, -0.2) is 8.78 Å². The van der Waals surface area contributed by atoms with E-state index < -0.39 is 11.6 Å². The number of aryl methyl sites for hydroxylation is 1. The minimum atomic E-state index is -0.675. The third-order valence-electron chi connectivity index (χ3n) is 2.79. The van der Waals surface area contributed by atoms with Crippen LogP contribution in [-0.2, 0) is 6.54 Å². The van der Waals surface area contributed by atoms with Gasteiger partial charge in [0.1, 0.15) is 11.5 Å². The van der Waals surface area contributed by atoms with Gasteiger partial charge in [-0.05, 0) is 36.2 Å². The minimum Gasteiger partial charge on any atom is -0.504 e. The molecule has 100 valence electrons. The Morgan fingerprint density at radius 2 is 1.79 bits per heavy atom. The van der Waals surface area contributed by atoms with E-state index in [0.29, 0.717) is 11.1 Å². The van der Waals surface area contributed by atoms with Gasteiger partial charge in [0.15, 0.2) is 17.3 Å². The van der Waals surface area contributed by atoms with E-state index in [1.165, 1.54) is 24.3 Å². The molecule has 5 heteroatoms. The van der Waals surface area contributed by atoms with Gasteiger partial charge in [-0.3, -0.25) is 0 Å². The van der Waals surface area contributed by atoms with Crippen LogP contribution in [0.3, 0.4) is 0 Å². The van der Waals surface area contributed by atoms with Crippen molar-refractivity contribution >= 4 is 5.69 Å². The monoisotopic (exact) mass is 265 g/mol. The Balaban J connectivity index is 2.19. The number of benzene rings is 2. The molecule has 0 amide bonds. The lowest BCUT2D eigenvalue weighted by molar-refractivity contribution is 0.403. The molecular weight excluding hydrogens is 252 g/mol. The molecular formula is C14H13F2NO2. The van der Waals surface area contributed by atoms with Gasteiger partial charge < -0.3 is 15.5 Å². The van der Waals surface area contributed by atoms with Crippen molar-refractivity contribution in [3.63, 3.8) is 0 Å². The Labute approximate surface area is 109 Å². The maximum atomic E-state index is 13.7. The average molecular weight is 265 g/mol. The molecule has 0 bridgehead atoms. The molecule has 0 heterocycles. The van der Waals surface area contributed by atoms with Crippen LogP contribution in [0.5, 0.6) is 11.5 Å². The van der Waals surface area contributed by atoms with Crippen molar-refractivity contribution in [3.8, 4) is 11.5 Å². The summed E-state index contributed by atoms with van der Waals surface area (Å²) in [6.07, 6.45) is 0. The molecule has 0 aliphatic rings. The van der Waals surface area contributed by atoms with Crippen LogP contribution in [0.4, 0.5) is 14.5 Å². The number of anilines is 1. The first-order valence-corrected chi connectivity index (χ1v) is 5.68. The van der Waals surface area contributed by atoms with Crippen molar-refractivity contribution in [2.45, 2.75) is 13.5 Å². The predicted molar refractivity (Wildman–Crippen MR) is 68.2 cm³/mol. The topological polar surface area (TPSA) is 52.5 Å². The molecule has 0 fully saturated rings. The van der Waals surface area contributed by atoms with E-state index in [1.54, 1.807) is 13.0 Å². The van der Waals surface area contributed by atoms with Gasteiger partial charge in [0, 0.05) is 6.54 Å². The molecule has 0 aliphatic heterocycles. The second-order valence-electron chi connectivity index (χ2n) is 4.23. The Morgan fingerprint density at radius 3 is 2.47 bits per heavy atom. The maximum Gasteiger partial charge on any atom is 0.157 e. The molecule has 0 saturated heterocycles. The summed E-state index contributed by atoms with van der Waals surface area (Å²) in [5.74, 6) is -1.82. The summed E-state index contributed by atoms with van der Waals surface area (Å²) in [5.41, 5.74) is 0.737. The second-order valence-corrected chi connectivity index (χ2v) is 4.23. The standard InChI is InChI=1S/C14H13F2NO2/c1-8-2-4-10(15)14(13(8)16)17-7-9-3-5-11(18)12(19)6-9/h2-6,17-19H,7H2,1H3.